The molecule has 0 saturated heterocycles. The summed E-state index contributed by atoms with van der Waals surface area (Å²) in [4.78, 5) is 0. The van der Waals surface area contributed by atoms with Gasteiger partial charge < -0.3 is 10.4 Å². The second kappa shape index (κ2) is 5.65. The number of halogens is 6. The van der Waals surface area contributed by atoms with Gasteiger partial charge in [0, 0.05) is 11.0 Å². The molecule has 0 fully saturated rings. The van der Waals surface area contributed by atoms with Gasteiger partial charge in [-0.05, 0) is 12.1 Å². The molecule has 1 atom stereocenters. The summed E-state index contributed by atoms with van der Waals surface area (Å²) in [5, 5.41) is 11.5. The first-order valence-corrected chi connectivity index (χ1v) is 5.90. The lowest BCUT2D eigenvalue weighted by Crippen LogP contribution is -2.35. The minimum absolute atomic E-state index is 0.153. The number of hydrogen-bond acceptors (Lipinski definition) is 2. The summed E-state index contributed by atoms with van der Waals surface area (Å²) < 4.78 is 36.8. The van der Waals surface area contributed by atoms with Crippen molar-refractivity contribution in [2.24, 2.45) is 0 Å². The molecule has 0 bridgehead atoms. The van der Waals surface area contributed by atoms with Gasteiger partial charge >= 0.3 is 6.18 Å². The van der Waals surface area contributed by atoms with E-state index in [-0.39, 0.29) is 15.7 Å². The topological polar surface area (TPSA) is 32.3 Å². The van der Waals surface area contributed by atoms with E-state index in [0.717, 1.165) is 0 Å². The third kappa shape index (κ3) is 4.21. The molecule has 2 N–H and O–H groups in total. The Kier molecular flexibility index (Phi) is 4.95. The van der Waals surface area contributed by atoms with E-state index >= 15 is 0 Å². The van der Waals surface area contributed by atoms with Gasteiger partial charge in [0.05, 0.1) is 15.7 Å². The molecule has 0 aliphatic heterocycles. The maximum Gasteiger partial charge on any atom is 0.416 e. The van der Waals surface area contributed by atoms with Crippen LogP contribution in [-0.2, 0) is 0 Å². The summed E-state index contributed by atoms with van der Waals surface area (Å²) in [7, 11) is 0. The van der Waals surface area contributed by atoms with Crippen molar-refractivity contribution in [1.29, 1.82) is 0 Å². The van der Waals surface area contributed by atoms with Gasteiger partial charge in [-0.1, -0.05) is 39.1 Å². The first-order valence-electron chi connectivity index (χ1n) is 4.35. The van der Waals surface area contributed by atoms with E-state index in [2.05, 4.69) is 21.2 Å². The van der Waals surface area contributed by atoms with Crippen molar-refractivity contribution in [3.05, 3.63) is 26.7 Å². The lowest BCUT2D eigenvalue weighted by molar-refractivity contribution is -0.198. The SMILES string of the molecule is OC(CNc1c(Cl)cc(Br)cc1Cl)C(F)(F)F. The molecule has 96 valence electrons. The Morgan fingerprint density at radius 1 is 1.29 bits per heavy atom. The van der Waals surface area contributed by atoms with Crippen LogP contribution in [-0.4, -0.2) is 23.9 Å². The molecule has 1 aromatic rings. The van der Waals surface area contributed by atoms with Crippen LogP contribution in [0.3, 0.4) is 0 Å². The predicted octanol–water partition coefficient (Wildman–Crippen LogP) is 4.09. The van der Waals surface area contributed by atoms with Gasteiger partial charge in [-0.3, -0.25) is 0 Å². The molecule has 0 amide bonds. The lowest BCUT2D eigenvalue weighted by atomic mass is 10.3. The van der Waals surface area contributed by atoms with Crippen molar-refractivity contribution in [2.45, 2.75) is 12.3 Å². The Labute approximate surface area is 114 Å². The second-order valence-electron chi connectivity index (χ2n) is 3.18. The fraction of sp³-hybridized carbons (Fsp3) is 0.333. The van der Waals surface area contributed by atoms with Gasteiger partial charge in [0.2, 0.25) is 0 Å². The van der Waals surface area contributed by atoms with Gasteiger partial charge in [0.25, 0.3) is 0 Å². The van der Waals surface area contributed by atoms with Crippen molar-refractivity contribution in [3.8, 4) is 0 Å². The third-order valence-corrected chi connectivity index (χ3v) is 2.91. The lowest BCUT2D eigenvalue weighted by Gasteiger charge is -2.17. The standard InChI is InChI=1S/C9H7BrCl2F3NO/c10-4-1-5(11)8(6(12)2-4)16-3-7(17)9(13,14)15/h1-2,7,16-17H,3H2. The van der Waals surface area contributed by atoms with Crippen LogP contribution in [0.15, 0.2) is 16.6 Å². The first-order chi connectivity index (χ1) is 7.71. The monoisotopic (exact) mass is 351 g/mol. The van der Waals surface area contributed by atoms with Crippen molar-refractivity contribution in [2.75, 3.05) is 11.9 Å². The molecule has 0 aliphatic rings. The van der Waals surface area contributed by atoms with Crippen LogP contribution in [0, 0.1) is 0 Å². The maximum absolute atomic E-state index is 12.1. The molecule has 1 aromatic carbocycles. The van der Waals surface area contributed by atoms with Crippen LogP contribution in [0.4, 0.5) is 18.9 Å². The normalized spacial score (nSPS) is 13.6. The summed E-state index contributed by atoms with van der Waals surface area (Å²) in [6.07, 6.45) is -7.15. The smallest absolute Gasteiger partial charge is 0.382 e. The van der Waals surface area contributed by atoms with E-state index in [1.54, 1.807) is 0 Å². The molecule has 0 saturated carbocycles. The summed E-state index contributed by atoms with van der Waals surface area (Å²) >= 11 is 14.7. The van der Waals surface area contributed by atoms with E-state index in [4.69, 9.17) is 28.3 Å². The zero-order valence-corrected chi connectivity index (χ0v) is 11.3. The fourth-order valence-electron chi connectivity index (χ4n) is 1.03. The fourth-order valence-corrected chi connectivity index (χ4v) is 2.37. The Morgan fingerprint density at radius 3 is 2.18 bits per heavy atom. The maximum atomic E-state index is 12.1. The highest BCUT2D eigenvalue weighted by molar-refractivity contribution is 9.10. The number of alkyl halides is 3. The minimum Gasteiger partial charge on any atom is -0.382 e. The quantitative estimate of drug-likeness (QED) is 0.858. The summed E-state index contributed by atoms with van der Waals surface area (Å²) in [6, 6.07) is 2.96. The van der Waals surface area contributed by atoms with E-state index < -0.39 is 18.8 Å². The Bertz CT molecular complexity index is 391. The van der Waals surface area contributed by atoms with Gasteiger partial charge in [-0.15, -0.1) is 0 Å². The highest BCUT2D eigenvalue weighted by Gasteiger charge is 2.38. The highest BCUT2D eigenvalue weighted by atomic mass is 79.9. The van der Waals surface area contributed by atoms with Gasteiger partial charge in [-0.25, -0.2) is 0 Å². The molecule has 1 unspecified atom stereocenters. The average molecular weight is 353 g/mol. The van der Waals surface area contributed by atoms with Crippen molar-refractivity contribution >= 4 is 44.8 Å². The molecule has 0 radical (unpaired) electrons. The Hall–Kier alpha value is -0.170. The van der Waals surface area contributed by atoms with Crippen molar-refractivity contribution in [1.82, 2.24) is 0 Å². The van der Waals surface area contributed by atoms with Crippen LogP contribution < -0.4 is 5.32 Å². The Balaban J connectivity index is 2.77. The third-order valence-electron chi connectivity index (χ3n) is 1.86. The largest absolute Gasteiger partial charge is 0.416 e. The Morgan fingerprint density at radius 2 is 1.76 bits per heavy atom. The van der Waals surface area contributed by atoms with E-state index in [1.165, 1.54) is 12.1 Å². The van der Waals surface area contributed by atoms with Crippen LogP contribution >= 0.6 is 39.1 Å². The number of anilines is 1. The zero-order chi connectivity index (χ0) is 13.2. The number of aliphatic hydroxyl groups is 1. The molecular weight excluding hydrogens is 346 g/mol. The van der Waals surface area contributed by atoms with Gasteiger partial charge in [0.1, 0.15) is 0 Å². The van der Waals surface area contributed by atoms with Crippen LogP contribution in [0.5, 0.6) is 0 Å². The number of rotatable bonds is 3. The molecule has 8 heteroatoms. The first kappa shape index (κ1) is 14.9. The molecule has 17 heavy (non-hydrogen) atoms. The predicted molar refractivity (Wildman–Crippen MR) is 64.7 cm³/mol. The van der Waals surface area contributed by atoms with E-state index in [0.29, 0.717) is 4.47 Å². The molecule has 1 rings (SSSR count). The van der Waals surface area contributed by atoms with Crippen molar-refractivity contribution in [3.63, 3.8) is 0 Å². The number of hydrogen-bond donors (Lipinski definition) is 2. The molecule has 2 nitrogen and oxygen atoms in total. The highest BCUT2D eigenvalue weighted by Crippen LogP contribution is 2.34. The zero-order valence-electron chi connectivity index (χ0n) is 8.15. The molecule has 0 spiro atoms. The molecular formula is C9H7BrCl2F3NO. The number of aliphatic hydroxyl groups excluding tert-OH is 1. The second-order valence-corrected chi connectivity index (χ2v) is 4.91. The van der Waals surface area contributed by atoms with Gasteiger partial charge in [0.15, 0.2) is 6.10 Å². The molecule has 0 aliphatic carbocycles. The average Bonchev–Trinajstić information content (AvgIpc) is 2.13. The molecule has 0 heterocycles. The van der Waals surface area contributed by atoms with Crippen LogP contribution in [0.1, 0.15) is 0 Å². The summed E-state index contributed by atoms with van der Waals surface area (Å²) in [5.74, 6) is 0. The minimum atomic E-state index is -4.68. The van der Waals surface area contributed by atoms with Crippen molar-refractivity contribution < 1.29 is 18.3 Å². The van der Waals surface area contributed by atoms with Crippen LogP contribution in [0.25, 0.3) is 0 Å². The molecule has 0 aromatic heterocycles. The van der Waals surface area contributed by atoms with Gasteiger partial charge in [-0.2, -0.15) is 13.2 Å². The van der Waals surface area contributed by atoms with E-state index in [9.17, 15) is 13.2 Å². The number of benzene rings is 1. The summed E-state index contributed by atoms with van der Waals surface area (Å²) in [5.41, 5.74) is 0.153. The van der Waals surface area contributed by atoms with E-state index in [1.807, 2.05) is 0 Å². The summed E-state index contributed by atoms with van der Waals surface area (Å²) in [6.45, 7) is -0.718. The van der Waals surface area contributed by atoms with Crippen LogP contribution in [0.2, 0.25) is 10.0 Å². The number of nitrogens with one attached hydrogen (secondary N) is 1.